The Bertz CT molecular complexity index is 765. The predicted molar refractivity (Wildman–Crippen MR) is 79.6 cm³/mol. The maximum atomic E-state index is 12.9. The van der Waals surface area contributed by atoms with Crippen LogP contribution >= 0.6 is 0 Å². The van der Waals surface area contributed by atoms with Crippen molar-refractivity contribution < 1.29 is 4.39 Å². The Morgan fingerprint density at radius 2 is 1.95 bits per heavy atom. The molecule has 2 aromatic heterocycles. The van der Waals surface area contributed by atoms with E-state index in [1.165, 1.54) is 12.1 Å². The molecule has 7 heteroatoms. The number of rotatable bonds is 4. The van der Waals surface area contributed by atoms with Gasteiger partial charge in [0, 0.05) is 20.6 Å². The largest absolute Gasteiger partial charge is 0.365 e. The highest BCUT2D eigenvalue weighted by atomic mass is 19.1. The number of aromatic nitrogens is 4. The summed E-state index contributed by atoms with van der Waals surface area (Å²) in [6.07, 6.45) is 1.72. The fourth-order valence-electron chi connectivity index (χ4n) is 2.06. The first-order valence-electron chi connectivity index (χ1n) is 6.53. The van der Waals surface area contributed by atoms with Crippen LogP contribution in [0.3, 0.4) is 0 Å². The molecule has 0 fully saturated rings. The fraction of sp³-hybridized carbons (Fsp3) is 0.214. The summed E-state index contributed by atoms with van der Waals surface area (Å²) in [5, 5.41) is 11.2. The third kappa shape index (κ3) is 2.62. The van der Waals surface area contributed by atoms with Gasteiger partial charge in [-0.05, 0) is 17.7 Å². The van der Waals surface area contributed by atoms with Crippen LogP contribution in [-0.2, 0) is 13.6 Å². The summed E-state index contributed by atoms with van der Waals surface area (Å²) in [5.41, 5.74) is 1.72. The van der Waals surface area contributed by atoms with E-state index < -0.39 is 0 Å². The highest BCUT2D eigenvalue weighted by molar-refractivity contribution is 5.87. The zero-order valence-electron chi connectivity index (χ0n) is 11.8. The average Bonchev–Trinajstić information content (AvgIpc) is 2.88. The quantitative estimate of drug-likeness (QED) is 0.769. The third-order valence-electron chi connectivity index (χ3n) is 3.19. The Labute approximate surface area is 121 Å². The number of hydrogen-bond acceptors (Lipinski definition) is 5. The maximum Gasteiger partial charge on any atom is 0.226 e. The van der Waals surface area contributed by atoms with Gasteiger partial charge in [-0.15, -0.1) is 0 Å². The molecule has 0 unspecified atom stereocenters. The molecule has 6 nitrogen and oxygen atoms in total. The van der Waals surface area contributed by atoms with Crippen LogP contribution in [-0.4, -0.2) is 26.8 Å². The molecule has 0 saturated carbocycles. The molecule has 108 valence electrons. The van der Waals surface area contributed by atoms with Gasteiger partial charge >= 0.3 is 0 Å². The molecule has 0 saturated heterocycles. The lowest BCUT2D eigenvalue weighted by atomic mass is 10.2. The number of nitrogens with zero attached hydrogens (tertiary/aromatic N) is 4. The Balaban J connectivity index is 1.90. The zero-order chi connectivity index (χ0) is 14.8. The van der Waals surface area contributed by atoms with Gasteiger partial charge in [0.05, 0.1) is 11.6 Å². The third-order valence-corrected chi connectivity index (χ3v) is 3.19. The molecular formula is C14H15FN6. The topological polar surface area (TPSA) is 67.7 Å². The van der Waals surface area contributed by atoms with E-state index in [9.17, 15) is 4.39 Å². The minimum atomic E-state index is -0.243. The van der Waals surface area contributed by atoms with Crippen molar-refractivity contribution in [2.24, 2.45) is 7.05 Å². The van der Waals surface area contributed by atoms with Gasteiger partial charge in [-0.3, -0.25) is 4.68 Å². The first-order valence-corrected chi connectivity index (χ1v) is 6.53. The summed E-state index contributed by atoms with van der Waals surface area (Å²) < 4.78 is 14.6. The summed E-state index contributed by atoms with van der Waals surface area (Å²) in [4.78, 5) is 8.77. The SMILES string of the molecule is CNc1nc(NCc2ccc(F)cc2)c2cnn(C)c2n1. The smallest absolute Gasteiger partial charge is 0.226 e. The van der Waals surface area contributed by atoms with E-state index in [4.69, 9.17) is 0 Å². The molecule has 2 N–H and O–H groups in total. The predicted octanol–water partition coefficient (Wildman–Crippen LogP) is 2.16. The number of halogens is 1. The average molecular weight is 286 g/mol. The monoisotopic (exact) mass is 286 g/mol. The molecule has 21 heavy (non-hydrogen) atoms. The molecule has 3 rings (SSSR count). The van der Waals surface area contributed by atoms with Crippen molar-refractivity contribution in [2.45, 2.75) is 6.54 Å². The molecule has 3 aromatic rings. The number of nitrogens with one attached hydrogen (secondary N) is 2. The Morgan fingerprint density at radius 3 is 2.67 bits per heavy atom. The van der Waals surface area contributed by atoms with Crippen molar-refractivity contribution in [3.05, 3.63) is 41.8 Å². The van der Waals surface area contributed by atoms with Gasteiger partial charge in [0.25, 0.3) is 0 Å². The van der Waals surface area contributed by atoms with Crippen molar-refractivity contribution in [2.75, 3.05) is 17.7 Å². The number of aryl methyl sites for hydroxylation is 1. The van der Waals surface area contributed by atoms with Gasteiger partial charge in [0.2, 0.25) is 5.95 Å². The highest BCUT2D eigenvalue weighted by Gasteiger charge is 2.10. The van der Waals surface area contributed by atoms with E-state index in [-0.39, 0.29) is 5.82 Å². The Hall–Kier alpha value is -2.70. The van der Waals surface area contributed by atoms with Gasteiger partial charge in [-0.25, -0.2) is 4.39 Å². The second kappa shape index (κ2) is 5.35. The van der Waals surface area contributed by atoms with Crippen molar-refractivity contribution in [1.29, 1.82) is 0 Å². The molecule has 0 bridgehead atoms. The Kier molecular flexibility index (Phi) is 3.39. The normalized spacial score (nSPS) is 10.8. The van der Waals surface area contributed by atoms with Gasteiger partial charge in [-0.1, -0.05) is 12.1 Å². The second-order valence-corrected chi connectivity index (χ2v) is 4.63. The van der Waals surface area contributed by atoms with Crippen molar-refractivity contribution >= 4 is 22.8 Å². The molecule has 0 spiro atoms. The van der Waals surface area contributed by atoms with Crippen molar-refractivity contribution in [3.63, 3.8) is 0 Å². The van der Waals surface area contributed by atoms with Crippen molar-refractivity contribution in [1.82, 2.24) is 19.7 Å². The molecule has 0 aliphatic carbocycles. The van der Waals surface area contributed by atoms with Crippen molar-refractivity contribution in [3.8, 4) is 0 Å². The van der Waals surface area contributed by atoms with Crippen LogP contribution in [0.15, 0.2) is 30.5 Å². The highest BCUT2D eigenvalue weighted by Crippen LogP contribution is 2.21. The van der Waals surface area contributed by atoms with Gasteiger partial charge < -0.3 is 10.6 Å². The first kappa shape index (κ1) is 13.3. The van der Waals surface area contributed by atoms with Crippen LogP contribution in [0.2, 0.25) is 0 Å². The molecule has 0 aliphatic heterocycles. The van der Waals surface area contributed by atoms with E-state index in [1.807, 2.05) is 7.05 Å². The molecule has 1 aromatic carbocycles. The zero-order valence-corrected chi connectivity index (χ0v) is 11.8. The summed E-state index contributed by atoms with van der Waals surface area (Å²) in [6.45, 7) is 0.546. The maximum absolute atomic E-state index is 12.9. The lowest BCUT2D eigenvalue weighted by molar-refractivity contribution is 0.627. The summed E-state index contributed by atoms with van der Waals surface area (Å²) in [7, 11) is 3.60. The molecule has 2 heterocycles. The van der Waals surface area contributed by atoms with Gasteiger partial charge in [-0.2, -0.15) is 15.1 Å². The van der Waals surface area contributed by atoms with E-state index in [0.717, 1.165) is 16.6 Å². The second-order valence-electron chi connectivity index (χ2n) is 4.63. The molecule has 0 radical (unpaired) electrons. The number of hydrogen-bond donors (Lipinski definition) is 2. The molecule has 0 amide bonds. The minimum Gasteiger partial charge on any atom is -0.365 e. The van der Waals surface area contributed by atoms with Gasteiger partial charge in [0.15, 0.2) is 5.65 Å². The first-order chi connectivity index (χ1) is 10.2. The van der Waals surface area contributed by atoms with E-state index in [2.05, 4.69) is 25.7 Å². The summed E-state index contributed by atoms with van der Waals surface area (Å²) in [5.74, 6) is 0.974. The molecular weight excluding hydrogens is 271 g/mol. The van der Waals surface area contributed by atoms with E-state index in [1.54, 1.807) is 30.1 Å². The molecule has 0 aliphatic rings. The Morgan fingerprint density at radius 1 is 1.19 bits per heavy atom. The van der Waals surface area contributed by atoms with E-state index in [0.29, 0.717) is 18.3 Å². The standard InChI is InChI=1S/C14H15FN6/c1-16-14-19-12(11-8-18-21(2)13(11)20-14)17-7-9-3-5-10(15)6-4-9/h3-6,8H,7H2,1-2H3,(H2,16,17,19,20). The van der Waals surface area contributed by atoms with E-state index >= 15 is 0 Å². The fourth-order valence-corrected chi connectivity index (χ4v) is 2.06. The van der Waals surface area contributed by atoms with Crippen LogP contribution in [0, 0.1) is 5.82 Å². The number of fused-ring (bicyclic) bond motifs is 1. The van der Waals surface area contributed by atoms with Gasteiger partial charge in [0.1, 0.15) is 11.6 Å². The van der Waals surface area contributed by atoms with Crippen LogP contribution < -0.4 is 10.6 Å². The summed E-state index contributed by atoms with van der Waals surface area (Å²) in [6, 6.07) is 6.36. The van der Waals surface area contributed by atoms with Crippen LogP contribution in [0.25, 0.3) is 11.0 Å². The summed E-state index contributed by atoms with van der Waals surface area (Å²) >= 11 is 0. The lowest BCUT2D eigenvalue weighted by Crippen LogP contribution is -2.06. The lowest BCUT2D eigenvalue weighted by Gasteiger charge is -2.09. The number of benzene rings is 1. The van der Waals surface area contributed by atoms with Crippen LogP contribution in [0.4, 0.5) is 16.2 Å². The molecule has 0 atom stereocenters. The minimum absolute atomic E-state index is 0.243. The van der Waals surface area contributed by atoms with Crippen LogP contribution in [0.1, 0.15) is 5.56 Å². The number of anilines is 2. The van der Waals surface area contributed by atoms with Crippen LogP contribution in [0.5, 0.6) is 0 Å².